The molecule has 120 valence electrons. The number of morpholine rings is 1. The summed E-state index contributed by atoms with van der Waals surface area (Å²) in [6.45, 7) is 2.72. The molecule has 1 saturated heterocycles. The number of nitrogens with two attached hydrogens (primary N) is 1. The van der Waals surface area contributed by atoms with Crippen LogP contribution in [0.5, 0.6) is 0 Å². The minimum atomic E-state index is -0.746. The molecule has 2 unspecified atom stereocenters. The maximum absolute atomic E-state index is 12.5. The average Bonchev–Trinajstić information content (AvgIpc) is 2.50. The van der Waals surface area contributed by atoms with Crippen molar-refractivity contribution in [1.29, 1.82) is 0 Å². The minimum Gasteiger partial charge on any atom is -0.367 e. The number of benzene rings is 1. The quantitative estimate of drug-likeness (QED) is 0.833. The Hall–Kier alpha value is -0.950. The van der Waals surface area contributed by atoms with Gasteiger partial charge >= 0.3 is 0 Å². The number of nitrogens with zero attached hydrogens (tertiary/aromatic N) is 1. The molecule has 2 amide bonds. The van der Waals surface area contributed by atoms with Crippen molar-refractivity contribution in [3.8, 4) is 0 Å². The summed E-state index contributed by atoms with van der Waals surface area (Å²) in [7, 11) is 0. The molecule has 1 aromatic carbocycles. The first kappa shape index (κ1) is 17.4. The van der Waals surface area contributed by atoms with Gasteiger partial charge in [0.25, 0.3) is 0 Å². The largest absolute Gasteiger partial charge is 0.367 e. The number of thioether (sulfide) groups is 1. The van der Waals surface area contributed by atoms with Crippen LogP contribution in [0.15, 0.2) is 23.1 Å². The van der Waals surface area contributed by atoms with Crippen LogP contribution in [0, 0.1) is 0 Å². The number of hydrogen-bond donors (Lipinski definition) is 1. The van der Waals surface area contributed by atoms with Gasteiger partial charge in [-0.3, -0.25) is 9.59 Å². The molecule has 1 aromatic rings. The standard InChI is InChI=1S/C14H16Cl2N2O3S/c1-8(22-12-6-9(15)2-3-10(12)16)14(20)18-4-5-21-11(7-18)13(17)19/h2-3,6,8,11H,4-5,7H2,1H3,(H2,17,19). The highest BCUT2D eigenvalue weighted by Gasteiger charge is 2.30. The fraction of sp³-hybridized carbons (Fsp3) is 0.429. The van der Waals surface area contributed by atoms with Crippen molar-refractivity contribution in [2.45, 2.75) is 23.2 Å². The molecule has 0 aliphatic carbocycles. The minimum absolute atomic E-state index is 0.0874. The maximum Gasteiger partial charge on any atom is 0.248 e. The SMILES string of the molecule is CC(Sc1cc(Cl)ccc1Cl)C(=O)N1CCOC(C(N)=O)C1. The van der Waals surface area contributed by atoms with Crippen LogP contribution in [0.25, 0.3) is 0 Å². The predicted molar refractivity (Wildman–Crippen MR) is 87.3 cm³/mol. The van der Waals surface area contributed by atoms with Crippen LogP contribution in [0.3, 0.4) is 0 Å². The third-order valence-electron chi connectivity index (χ3n) is 3.24. The van der Waals surface area contributed by atoms with E-state index < -0.39 is 12.0 Å². The molecule has 1 fully saturated rings. The molecule has 22 heavy (non-hydrogen) atoms. The van der Waals surface area contributed by atoms with E-state index in [9.17, 15) is 9.59 Å². The lowest BCUT2D eigenvalue weighted by Gasteiger charge is -2.33. The normalized spacial score (nSPS) is 19.8. The molecule has 0 aromatic heterocycles. The zero-order chi connectivity index (χ0) is 16.3. The highest BCUT2D eigenvalue weighted by molar-refractivity contribution is 8.00. The first-order valence-electron chi connectivity index (χ1n) is 6.70. The summed E-state index contributed by atoms with van der Waals surface area (Å²) in [5.74, 6) is -0.647. The Bertz CT molecular complexity index is 585. The zero-order valence-corrected chi connectivity index (χ0v) is 14.2. The van der Waals surface area contributed by atoms with E-state index in [1.807, 2.05) is 0 Å². The van der Waals surface area contributed by atoms with Gasteiger partial charge in [-0.2, -0.15) is 0 Å². The van der Waals surface area contributed by atoms with Crippen molar-refractivity contribution in [2.75, 3.05) is 19.7 Å². The first-order chi connectivity index (χ1) is 10.4. The van der Waals surface area contributed by atoms with E-state index in [-0.39, 0.29) is 17.7 Å². The Kier molecular flexibility index (Phi) is 5.97. The van der Waals surface area contributed by atoms with E-state index in [4.69, 9.17) is 33.7 Å². The highest BCUT2D eigenvalue weighted by atomic mass is 35.5. The molecule has 1 heterocycles. The van der Waals surface area contributed by atoms with Gasteiger partial charge in [0.1, 0.15) is 0 Å². The van der Waals surface area contributed by atoms with Gasteiger partial charge < -0.3 is 15.4 Å². The Balaban J connectivity index is 2.02. The van der Waals surface area contributed by atoms with Gasteiger partial charge in [-0.15, -0.1) is 11.8 Å². The topological polar surface area (TPSA) is 72.6 Å². The molecule has 0 spiro atoms. The summed E-state index contributed by atoms with van der Waals surface area (Å²) in [4.78, 5) is 26.0. The third kappa shape index (κ3) is 4.29. The molecule has 1 aliphatic rings. The molecule has 1 aliphatic heterocycles. The second-order valence-electron chi connectivity index (χ2n) is 4.88. The number of rotatable bonds is 4. The van der Waals surface area contributed by atoms with Crippen LogP contribution >= 0.6 is 35.0 Å². The molecule has 0 saturated carbocycles. The van der Waals surface area contributed by atoms with Crippen molar-refractivity contribution >= 4 is 46.8 Å². The number of carbonyl (C=O) groups excluding carboxylic acids is 2. The van der Waals surface area contributed by atoms with Crippen molar-refractivity contribution in [3.05, 3.63) is 28.2 Å². The van der Waals surface area contributed by atoms with Gasteiger partial charge in [-0.05, 0) is 25.1 Å². The molecule has 0 bridgehead atoms. The Morgan fingerprint density at radius 2 is 2.18 bits per heavy atom. The number of amides is 2. The molecule has 8 heteroatoms. The second kappa shape index (κ2) is 7.55. The van der Waals surface area contributed by atoms with Crippen molar-refractivity contribution in [1.82, 2.24) is 4.90 Å². The molecule has 5 nitrogen and oxygen atoms in total. The fourth-order valence-corrected chi connectivity index (χ4v) is 3.58. The van der Waals surface area contributed by atoms with Crippen LogP contribution in [-0.4, -0.2) is 47.8 Å². The molecule has 0 radical (unpaired) electrons. The molecule has 2 atom stereocenters. The van der Waals surface area contributed by atoms with E-state index in [0.29, 0.717) is 23.2 Å². The molecular formula is C14H16Cl2N2O3S. The summed E-state index contributed by atoms with van der Waals surface area (Å²) < 4.78 is 5.24. The lowest BCUT2D eigenvalue weighted by molar-refractivity contribution is -0.144. The van der Waals surface area contributed by atoms with Crippen LogP contribution < -0.4 is 5.73 Å². The van der Waals surface area contributed by atoms with Crippen LogP contribution in [-0.2, 0) is 14.3 Å². The van der Waals surface area contributed by atoms with Gasteiger partial charge in [-0.1, -0.05) is 23.2 Å². The third-order valence-corrected chi connectivity index (χ3v) is 5.06. The average molecular weight is 363 g/mol. The Morgan fingerprint density at radius 3 is 2.86 bits per heavy atom. The summed E-state index contributed by atoms with van der Waals surface area (Å²) >= 11 is 13.4. The van der Waals surface area contributed by atoms with E-state index >= 15 is 0 Å². The van der Waals surface area contributed by atoms with E-state index in [2.05, 4.69) is 0 Å². The number of hydrogen-bond acceptors (Lipinski definition) is 4. The summed E-state index contributed by atoms with van der Waals surface area (Å²) in [6, 6.07) is 5.12. The first-order valence-corrected chi connectivity index (χ1v) is 8.33. The smallest absolute Gasteiger partial charge is 0.248 e. The molecule has 2 N–H and O–H groups in total. The summed E-state index contributed by atoms with van der Waals surface area (Å²) in [5, 5.41) is 0.750. The maximum atomic E-state index is 12.5. The van der Waals surface area contributed by atoms with Crippen LogP contribution in [0.4, 0.5) is 0 Å². The lowest BCUT2D eigenvalue weighted by atomic mass is 10.2. The van der Waals surface area contributed by atoms with E-state index in [0.717, 1.165) is 4.90 Å². The zero-order valence-electron chi connectivity index (χ0n) is 11.9. The van der Waals surface area contributed by atoms with Crippen molar-refractivity contribution in [3.63, 3.8) is 0 Å². The summed E-state index contributed by atoms with van der Waals surface area (Å²) in [5.41, 5.74) is 5.23. The summed E-state index contributed by atoms with van der Waals surface area (Å²) in [6.07, 6.45) is -0.746. The van der Waals surface area contributed by atoms with Gasteiger partial charge in [0.15, 0.2) is 6.10 Å². The Labute approximate surface area is 143 Å². The van der Waals surface area contributed by atoms with Crippen molar-refractivity contribution < 1.29 is 14.3 Å². The van der Waals surface area contributed by atoms with Crippen LogP contribution in [0.2, 0.25) is 10.0 Å². The molecule has 2 rings (SSSR count). The monoisotopic (exact) mass is 362 g/mol. The van der Waals surface area contributed by atoms with Gasteiger partial charge in [0.05, 0.1) is 23.4 Å². The van der Waals surface area contributed by atoms with Gasteiger partial charge in [0.2, 0.25) is 11.8 Å². The van der Waals surface area contributed by atoms with Gasteiger partial charge in [0, 0.05) is 16.5 Å². The van der Waals surface area contributed by atoms with E-state index in [1.165, 1.54) is 11.8 Å². The predicted octanol–water partition coefficient (Wildman–Crippen LogP) is 2.19. The Morgan fingerprint density at radius 1 is 1.45 bits per heavy atom. The highest BCUT2D eigenvalue weighted by Crippen LogP contribution is 2.33. The fourth-order valence-electron chi connectivity index (χ4n) is 2.09. The van der Waals surface area contributed by atoms with Gasteiger partial charge in [-0.25, -0.2) is 0 Å². The number of carbonyl (C=O) groups is 2. The van der Waals surface area contributed by atoms with E-state index in [1.54, 1.807) is 30.0 Å². The second-order valence-corrected chi connectivity index (χ2v) is 7.11. The van der Waals surface area contributed by atoms with Crippen molar-refractivity contribution in [2.24, 2.45) is 5.73 Å². The van der Waals surface area contributed by atoms with Crippen LogP contribution in [0.1, 0.15) is 6.92 Å². The number of halogens is 2. The molecular weight excluding hydrogens is 347 g/mol. The number of ether oxygens (including phenoxy) is 1. The lowest BCUT2D eigenvalue weighted by Crippen LogP contribution is -2.52. The number of primary amides is 1.